The number of nitrogens with two attached hydrogens (primary N) is 1. The molecule has 0 unspecified atom stereocenters. The van der Waals surface area contributed by atoms with Crippen LogP contribution in [0.2, 0.25) is 0 Å². The van der Waals surface area contributed by atoms with E-state index in [2.05, 4.69) is 15.6 Å². The molecule has 0 aliphatic rings. The maximum atomic E-state index is 5.37. The molecule has 0 aliphatic carbocycles. The van der Waals surface area contributed by atoms with E-state index in [-0.39, 0.29) is 6.01 Å². The molecule has 16 heavy (non-hydrogen) atoms. The maximum Gasteiger partial charge on any atom is 0.335 e. The molecule has 80 valence electrons. The minimum absolute atomic E-state index is 0.167. The highest BCUT2D eigenvalue weighted by atomic mass is 16.5. The van der Waals surface area contributed by atoms with Crippen LogP contribution >= 0.6 is 0 Å². The zero-order chi connectivity index (χ0) is 11.0. The van der Waals surface area contributed by atoms with Gasteiger partial charge in [0, 0.05) is 5.39 Å². The van der Waals surface area contributed by atoms with E-state index in [4.69, 9.17) is 14.8 Å². The van der Waals surface area contributed by atoms with Crippen molar-refractivity contribution in [2.24, 2.45) is 5.84 Å². The van der Waals surface area contributed by atoms with E-state index in [9.17, 15) is 0 Å². The van der Waals surface area contributed by atoms with E-state index >= 15 is 0 Å². The van der Waals surface area contributed by atoms with Gasteiger partial charge in [-0.1, -0.05) is 23.4 Å². The van der Waals surface area contributed by atoms with Crippen LogP contribution in [0.1, 0.15) is 0 Å². The first-order valence-corrected chi connectivity index (χ1v) is 4.65. The first-order valence-electron chi connectivity index (χ1n) is 4.65. The number of para-hydroxylation sites is 1. The van der Waals surface area contributed by atoms with Crippen molar-refractivity contribution in [3.63, 3.8) is 0 Å². The average Bonchev–Trinajstić information content (AvgIpc) is 2.94. The summed E-state index contributed by atoms with van der Waals surface area (Å²) in [7, 11) is 0. The molecular formula is C10H8N4O2. The Hall–Kier alpha value is -2.34. The number of hydrogen-bond acceptors (Lipinski definition) is 6. The summed E-state index contributed by atoms with van der Waals surface area (Å²) in [5, 5.41) is 4.73. The minimum Gasteiger partial charge on any atom is -0.464 e. The lowest BCUT2D eigenvalue weighted by molar-refractivity contribution is 0.432. The van der Waals surface area contributed by atoms with E-state index in [0.29, 0.717) is 5.82 Å². The Labute approximate surface area is 90.0 Å². The quantitative estimate of drug-likeness (QED) is 0.501. The van der Waals surface area contributed by atoms with Crippen LogP contribution in [-0.4, -0.2) is 10.1 Å². The van der Waals surface area contributed by atoms with Crippen molar-refractivity contribution in [1.29, 1.82) is 0 Å². The number of hydrazine groups is 1. The van der Waals surface area contributed by atoms with Gasteiger partial charge in [-0.2, -0.15) is 4.98 Å². The Kier molecular flexibility index (Phi) is 1.87. The summed E-state index contributed by atoms with van der Waals surface area (Å²) < 4.78 is 10.2. The Bertz CT molecular complexity index is 628. The van der Waals surface area contributed by atoms with E-state index in [1.807, 2.05) is 24.3 Å². The third-order valence-electron chi connectivity index (χ3n) is 2.27. The normalized spacial score (nSPS) is 10.8. The summed E-state index contributed by atoms with van der Waals surface area (Å²) in [5.74, 6) is 5.60. The number of nitrogens with one attached hydrogen (secondary N) is 1. The summed E-state index contributed by atoms with van der Waals surface area (Å²) in [6.07, 6.45) is 1.59. The number of nitrogen functional groups attached to an aromatic ring is 1. The van der Waals surface area contributed by atoms with Crippen molar-refractivity contribution >= 4 is 17.0 Å². The molecular weight excluding hydrogens is 208 g/mol. The monoisotopic (exact) mass is 216 g/mol. The first kappa shape index (κ1) is 8.93. The van der Waals surface area contributed by atoms with E-state index in [0.717, 1.165) is 16.5 Å². The molecule has 6 nitrogen and oxygen atoms in total. The fraction of sp³-hybridized carbons (Fsp3) is 0. The number of anilines is 1. The zero-order valence-corrected chi connectivity index (χ0v) is 8.18. The molecule has 2 aromatic heterocycles. The molecule has 3 N–H and O–H groups in total. The molecule has 0 amide bonds. The van der Waals surface area contributed by atoms with Crippen molar-refractivity contribution < 1.29 is 8.94 Å². The average molecular weight is 216 g/mol. The largest absolute Gasteiger partial charge is 0.464 e. The number of fused-ring (bicyclic) bond motifs is 1. The molecule has 3 rings (SSSR count). The fourth-order valence-electron chi connectivity index (χ4n) is 1.54. The smallest absolute Gasteiger partial charge is 0.335 e. The van der Waals surface area contributed by atoms with Gasteiger partial charge < -0.3 is 8.94 Å². The molecule has 0 saturated heterocycles. The molecule has 3 aromatic rings. The molecule has 0 aliphatic heterocycles. The summed E-state index contributed by atoms with van der Waals surface area (Å²) >= 11 is 0. The van der Waals surface area contributed by atoms with Gasteiger partial charge in [-0.05, 0) is 6.07 Å². The Morgan fingerprint density at radius 2 is 2.12 bits per heavy atom. The second kappa shape index (κ2) is 3.35. The molecule has 0 radical (unpaired) electrons. The van der Waals surface area contributed by atoms with Crippen molar-refractivity contribution in [2.45, 2.75) is 0 Å². The predicted molar refractivity (Wildman–Crippen MR) is 57.3 cm³/mol. The summed E-state index contributed by atoms with van der Waals surface area (Å²) in [6.45, 7) is 0. The Morgan fingerprint density at radius 3 is 2.94 bits per heavy atom. The highest BCUT2D eigenvalue weighted by molar-refractivity contribution is 5.91. The molecule has 0 fully saturated rings. The van der Waals surface area contributed by atoms with Crippen molar-refractivity contribution in [1.82, 2.24) is 10.1 Å². The standard InChI is InChI=1S/C10H8N4O2/c11-13-10-12-9(14-16-10)7-5-15-8-4-2-1-3-6(7)8/h1-5H,11H2,(H,12,13,14). The second-order valence-electron chi connectivity index (χ2n) is 3.21. The van der Waals surface area contributed by atoms with Gasteiger partial charge in [0.15, 0.2) is 0 Å². The Balaban J connectivity index is 2.18. The molecule has 2 heterocycles. The fourth-order valence-corrected chi connectivity index (χ4v) is 1.54. The number of furan rings is 1. The highest BCUT2D eigenvalue weighted by Gasteiger charge is 2.13. The molecule has 0 saturated carbocycles. The predicted octanol–water partition coefficient (Wildman–Crippen LogP) is 1.77. The first-order chi connectivity index (χ1) is 7.88. The van der Waals surface area contributed by atoms with Crippen LogP contribution in [0, 0.1) is 0 Å². The summed E-state index contributed by atoms with van der Waals surface area (Å²) in [6, 6.07) is 7.80. The summed E-state index contributed by atoms with van der Waals surface area (Å²) in [4.78, 5) is 4.05. The van der Waals surface area contributed by atoms with Gasteiger partial charge in [-0.15, -0.1) is 0 Å². The lowest BCUT2D eigenvalue weighted by Crippen LogP contribution is -2.06. The highest BCUT2D eigenvalue weighted by Crippen LogP contribution is 2.28. The van der Waals surface area contributed by atoms with Crippen LogP contribution in [0.5, 0.6) is 0 Å². The lowest BCUT2D eigenvalue weighted by Gasteiger charge is -1.88. The van der Waals surface area contributed by atoms with Crippen molar-refractivity contribution in [3.05, 3.63) is 30.5 Å². The summed E-state index contributed by atoms with van der Waals surface area (Å²) in [5.41, 5.74) is 3.85. The number of aromatic nitrogens is 2. The third-order valence-corrected chi connectivity index (χ3v) is 2.27. The molecule has 1 aromatic carbocycles. The second-order valence-corrected chi connectivity index (χ2v) is 3.21. The van der Waals surface area contributed by atoms with Gasteiger partial charge in [0.2, 0.25) is 5.82 Å². The van der Waals surface area contributed by atoms with Crippen molar-refractivity contribution in [3.8, 4) is 11.4 Å². The van der Waals surface area contributed by atoms with Crippen molar-refractivity contribution in [2.75, 3.05) is 5.43 Å². The number of benzene rings is 1. The van der Waals surface area contributed by atoms with Gasteiger partial charge in [-0.25, -0.2) is 5.84 Å². The molecule has 0 bridgehead atoms. The van der Waals surface area contributed by atoms with Gasteiger partial charge in [0.05, 0.1) is 5.56 Å². The number of hydrogen-bond donors (Lipinski definition) is 2. The van der Waals surface area contributed by atoms with Gasteiger partial charge in [0.1, 0.15) is 11.8 Å². The molecule has 0 spiro atoms. The SMILES string of the molecule is NNc1nc(-c2coc3ccccc23)no1. The van der Waals surface area contributed by atoms with E-state index < -0.39 is 0 Å². The maximum absolute atomic E-state index is 5.37. The molecule has 0 atom stereocenters. The van der Waals surface area contributed by atoms with Gasteiger partial charge >= 0.3 is 6.01 Å². The zero-order valence-electron chi connectivity index (χ0n) is 8.18. The van der Waals surface area contributed by atoms with Crippen LogP contribution in [-0.2, 0) is 0 Å². The third kappa shape index (κ3) is 1.24. The van der Waals surface area contributed by atoms with Crippen LogP contribution in [0.25, 0.3) is 22.4 Å². The number of rotatable bonds is 2. The topological polar surface area (TPSA) is 90.1 Å². The number of nitrogens with zero attached hydrogens (tertiary/aromatic N) is 2. The molecule has 6 heteroatoms. The minimum atomic E-state index is 0.167. The van der Waals surface area contributed by atoms with E-state index in [1.54, 1.807) is 6.26 Å². The van der Waals surface area contributed by atoms with E-state index in [1.165, 1.54) is 0 Å². The van der Waals surface area contributed by atoms with Crippen LogP contribution in [0.4, 0.5) is 6.01 Å². The van der Waals surface area contributed by atoms with Crippen LogP contribution in [0.15, 0.2) is 39.5 Å². The Morgan fingerprint density at radius 1 is 1.25 bits per heavy atom. The van der Waals surface area contributed by atoms with Gasteiger partial charge in [-0.3, -0.25) is 5.43 Å². The van der Waals surface area contributed by atoms with Gasteiger partial charge in [0.25, 0.3) is 0 Å². The van der Waals surface area contributed by atoms with Crippen LogP contribution in [0.3, 0.4) is 0 Å². The van der Waals surface area contributed by atoms with Crippen LogP contribution < -0.4 is 11.3 Å². The lowest BCUT2D eigenvalue weighted by atomic mass is 10.2.